The van der Waals surface area contributed by atoms with Gasteiger partial charge >= 0.3 is 5.97 Å². The molecule has 0 saturated carbocycles. The largest absolute Gasteiger partial charge is 0.465 e. The summed E-state index contributed by atoms with van der Waals surface area (Å²) in [6, 6.07) is 5.09. The number of aryl methyl sites for hydroxylation is 1. The Bertz CT molecular complexity index is 486. The number of hydrogen-bond donors (Lipinski definition) is 2. The van der Waals surface area contributed by atoms with Gasteiger partial charge in [-0.25, -0.2) is 4.79 Å². The molecule has 0 bridgehead atoms. The molecule has 0 aromatic heterocycles. The molecule has 116 valence electrons. The molecule has 0 fully saturated rings. The van der Waals surface area contributed by atoms with Crippen molar-refractivity contribution in [1.29, 1.82) is 0 Å². The van der Waals surface area contributed by atoms with Crippen LogP contribution in [0.4, 0.5) is 5.69 Å². The topological polar surface area (TPSA) is 81.4 Å². The van der Waals surface area contributed by atoms with E-state index >= 15 is 0 Å². The molecule has 21 heavy (non-hydrogen) atoms. The summed E-state index contributed by atoms with van der Waals surface area (Å²) in [6.45, 7) is 2.56. The zero-order chi connectivity index (χ0) is 15.7. The average molecular weight is 292 g/mol. The lowest BCUT2D eigenvalue weighted by Crippen LogP contribution is -2.12. The van der Waals surface area contributed by atoms with Crippen LogP contribution < -0.4 is 11.1 Å². The highest BCUT2D eigenvalue weighted by Gasteiger charge is 2.09. The second-order valence-electron chi connectivity index (χ2n) is 5.02. The molecular weight excluding hydrogens is 268 g/mol. The Morgan fingerprint density at radius 3 is 2.52 bits per heavy atom. The van der Waals surface area contributed by atoms with Crippen LogP contribution >= 0.6 is 0 Å². The molecule has 1 aromatic rings. The van der Waals surface area contributed by atoms with Crippen LogP contribution in [0, 0.1) is 6.92 Å². The van der Waals surface area contributed by atoms with Crippen LogP contribution in [0.2, 0.25) is 0 Å². The monoisotopic (exact) mass is 292 g/mol. The quantitative estimate of drug-likeness (QED) is 0.570. The first kappa shape index (κ1) is 17.2. The van der Waals surface area contributed by atoms with Gasteiger partial charge in [0, 0.05) is 12.1 Å². The number of esters is 1. The van der Waals surface area contributed by atoms with E-state index in [9.17, 15) is 9.59 Å². The van der Waals surface area contributed by atoms with Crippen molar-refractivity contribution in [3.63, 3.8) is 0 Å². The van der Waals surface area contributed by atoms with Gasteiger partial charge in [-0.1, -0.05) is 12.8 Å². The Hall–Kier alpha value is -1.88. The number of methoxy groups -OCH3 is 1. The molecule has 0 saturated heterocycles. The molecular formula is C16H24N2O3. The van der Waals surface area contributed by atoms with Gasteiger partial charge < -0.3 is 15.8 Å². The minimum absolute atomic E-state index is 0.00309. The van der Waals surface area contributed by atoms with E-state index < -0.39 is 0 Å². The summed E-state index contributed by atoms with van der Waals surface area (Å²) in [7, 11) is 1.35. The van der Waals surface area contributed by atoms with Crippen LogP contribution in [0.1, 0.15) is 48.0 Å². The maximum atomic E-state index is 11.8. The number of nitrogens with two attached hydrogens (primary N) is 1. The number of anilines is 1. The maximum absolute atomic E-state index is 11.8. The molecule has 0 aliphatic carbocycles. The summed E-state index contributed by atoms with van der Waals surface area (Å²) in [5.41, 5.74) is 7.48. The predicted octanol–water partition coefficient (Wildman–Crippen LogP) is 2.63. The lowest BCUT2D eigenvalue weighted by molar-refractivity contribution is -0.116. The molecule has 0 spiro atoms. The first-order valence-electron chi connectivity index (χ1n) is 7.27. The van der Waals surface area contributed by atoms with Crippen LogP contribution in [0.25, 0.3) is 0 Å². The normalized spacial score (nSPS) is 10.2. The molecule has 1 rings (SSSR count). The first-order chi connectivity index (χ1) is 10.1. The standard InChI is InChI=1S/C16H24N2O3/c1-12-11-13(16(20)21-2)8-9-14(12)18-15(19)7-5-3-4-6-10-17/h8-9,11H,3-7,10,17H2,1-2H3,(H,18,19). The van der Waals surface area contributed by atoms with E-state index in [1.165, 1.54) is 7.11 Å². The fourth-order valence-corrected chi connectivity index (χ4v) is 2.04. The second-order valence-corrected chi connectivity index (χ2v) is 5.02. The van der Waals surface area contributed by atoms with Crippen LogP contribution in [0.5, 0.6) is 0 Å². The summed E-state index contributed by atoms with van der Waals surface area (Å²) < 4.78 is 4.66. The Balaban J connectivity index is 2.47. The fourth-order valence-electron chi connectivity index (χ4n) is 2.04. The Morgan fingerprint density at radius 2 is 1.90 bits per heavy atom. The Labute approximate surface area is 125 Å². The molecule has 1 aromatic carbocycles. The van der Waals surface area contributed by atoms with Gasteiger partial charge in [-0.3, -0.25) is 4.79 Å². The zero-order valence-corrected chi connectivity index (χ0v) is 12.8. The third kappa shape index (κ3) is 5.95. The third-order valence-electron chi connectivity index (χ3n) is 3.28. The highest BCUT2D eigenvalue weighted by atomic mass is 16.5. The minimum Gasteiger partial charge on any atom is -0.465 e. The first-order valence-corrected chi connectivity index (χ1v) is 7.27. The number of ether oxygens (including phenoxy) is 1. The van der Waals surface area contributed by atoms with Crippen molar-refractivity contribution >= 4 is 17.6 Å². The lowest BCUT2D eigenvalue weighted by atomic mass is 10.1. The van der Waals surface area contributed by atoms with Gasteiger partial charge in [-0.2, -0.15) is 0 Å². The predicted molar refractivity (Wildman–Crippen MR) is 83.3 cm³/mol. The number of carbonyl (C=O) groups excluding carboxylic acids is 2. The molecule has 5 heteroatoms. The van der Waals surface area contributed by atoms with E-state index in [0.29, 0.717) is 18.5 Å². The van der Waals surface area contributed by atoms with Crippen LogP contribution in [-0.4, -0.2) is 25.5 Å². The molecule has 0 heterocycles. The van der Waals surface area contributed by atoms with Gasteiger partial charge in [-0.15, -0.1) is 0 Å². The summed E-state index contributed by atoms with van der Waals surface area (Å²) in [4.78, 5) is 23.3. The summed E-state index contributed by atoms with van der Waals surface area (Å²) >= 11 is 0. The van der Waals surface area contributed by atoms with Crippen molar-refractivity contribution in [1.82, 2.24) is 0 Å². The average Bonchev–Trinajstić information content (AvgIpc) is 2.48. The van der Waals surface area contributed by atoms with E-state index in [0.717, 1.165) is 36.9 Å². The number of carbonyl (C=O) groups is 2. The highest BCUT2D eigenvalue weighted by Crippen LogP contribution is 2.17. The van der Waals surface area contributed by atoms with Gasteiger partial charge in [0.25, 0.3) is 0 Å². The molecule has 0 aliphatic heterocycles. The number of unbranched alkanes of at least 4 members (excludes halogenated alkanes) is 3. The van der Waals surface area contributed by atoms with Crippen LogP contribution in [-0.2, 0) is 9.53 Å². The van der Waals surface area contributed by atoms with E-state index in [4.69, 9.17) is 5.73 Å². The molecule has 0 aliphatic rings. The third-order valence-corrected chi connectivity index (χ3v) is 3.28. The van der Waals surface area contributed by atoms with Crippen molar-refractivity contribution < 1.29 is 14.3 Å². The second kappa shape index (κ2) is 9.13. The molecule has 0 unspecified atom stereocenters. The van der Waals surface area contributed by atoms with Gasteiger partial charge in [0.05, 0.1) is 12.7 Å². The molecule has 5 nitrogen and oxygen atoms in total. The van der Waals surface area contributed by atoms with Crippen molar-refractivity contribution in [3.05, 3.63) is 29.3 Å². The van der Waals surface area contributed by atoms with Crippen LogP contribution in [0.3, 0.4) is 0 Å². The number of hydrogen-bond acceptors (Lipinski definition) is 4. The van der Waals surface area contributed by atoms with Crippen LogP contribution in [0.15, 0.2) is 18.2 Å². The van der Waals surface area contributed by atoms with Gasteiger partial charge in [0.1, 0.15) is 0 Å². The van der Waals surface area contributed by atoms with E-state index in [-0.39, 0.29) is 11.9 Å². The minimum atomic E-state index is -0.379. The van der Waals surface area contributed by atoms with Crippen molar-refractivity contribution in [2.75, 3.05) is 19.0 Å². The summed E-state index contributed by atoms with van der Waals surface area (Å²) in [5.74, 6) is -0.382. The summed E-state index contributed by atoms with van der Waals surface area (Å²) in [6.07, 6.45) is 4.46. The van der Waals surface area contributed by atoms with Crippen molar-refractivity contribution in [2.24, 2.45) is 5.73 Å². The molecule has 3 N–H and O–H groups in total. The number of nitrogens with one attached hydrogen (secondary N) is 1. The van der Waals surface area contributed by atoms with E-state index in [2.05, 4.69) is 10.1 Å². The Kier molecular flexibility index (Phi) is 7.46. The maximum Gasteiger partial charge on any atom is 0.337 e. The van der Waals surface area contributed by atoms with Crippen molar-refractivity contribution in [3.8, 4) is 0 Å². The Morgan fingerprint density at radius 1 is 1.19 bits per heavy atom. The number of amides is 1. The summed E-state index contributed by atoms with van der Waals surface area (Å²) in [5, 5.41) is 2.87. The number of rotatable bonds is 8. The number of benzene rings is 1. The molecule has 0 radical (unpaired) electrons. The lowest BCUT2D eigenvalue weighted by Gasteiger charge is -2.09. The van der Waals surface area contributed by atoms with Gasteiger partial charge in [0.15, 0.2) is 0 Å². The smallest absolute Gasteiger partial charge is 0.337 e. The fraction of sp³-hybridized carbons (Fsp3) is 0.500. The van der Waals surface area contributed by atoms with E-state index in [1.54, 1.807) is 18.2 Å². The SMILES string of the molecule is COC(=O)c1ccc(NC(=O)CCCCCCN)c(C)c1. The molecule has 0 atom stereocenters. The van der Waals surface area contributed by atoms with Gasteiger partial charge in [-0.05, 0) is 50.1 Å². The van der Waals surface area contributed by atoms with E-state index in [1.807, 2.05) is 6.92 Å². The molecule has 1 amide bonds. The van der Waals surface area contributed by atoms with Gasteiger partial charge in [0.2, 0.25) is 5.91 Å². The zero-order valence-electron chi connectivity index (χ0n) is 12.8. The van der Waals surface area contributed by atoms with Crippen molar-refractivity contribution in [2.45, 2.75) is 39.0 Å². The highest BCUT2D eigenvalue weighted by molar-refractivity contribution is 5.94.